The van der Waals surface area contributed by atoms with Crippen LogP contribution in [0.25, 0.3) is 0 Å². The van der Waals surface area contributed by atoms with Crippen molar-refractivity contribution in [1.82, 2.24) is 0 Å². The molecule has 1 heterocycles. The van der Waals surface area contributed by atoms with Gasteiger partial charge in [-0.3, -0.25) is 0 Å². The highest BCUT2D eigenvalue weighted by atomic mass is 16.7. The zero-order valence-electron chi connectivity index (χ0n) is 14.1. The van der Waals surface area contributed by atoms with Gasteiger partial charge in [0.15, 0.2) is 6.29 Å². The third-order valence-electron chi connectivity index (χ3n) is 5.12. The van der Waals surface area contributed by atoms with Crippen molar-refractivity contribution in [2.24, 2.45) is 17.8 Å². The van der Waals surface area contributed by atoms with Gasteiger partial charge in [-0.25, -0.2) is 0 Å². The predicted octanol–water partition coefficient (Wildman–Crippen LogP) is -0.561. The molecule has 2 fully saturated rings. The summed E-state index contributed by atoms with van der Waals surface area (Å²) in [6.07, 6.45) is -2.90. The summed E-state index contributed by atoms with van der Waals surface area (Å²) < 4.78 is 11.4. The van der Waals surface area contributed by atoms with Crippen LogP contribution in [0.5, 0.6) is 0 Å². The quantitative estimate of drug-likeness (QED) is 0.544. The van der Waals surface area contributed by atoms with E-state index in [0.717, 1.165) is 19.3 Å². The first kappa shape index (κ1) is 20.8. The second-order valence-electron chi connectivity index (χ2n) is 7.20. The summed E-state index contributed by atoms with van der Waals surface area (Å²) in [5.41, 5.74) is 0. The Morgan fingerprint density at radius 3 is 2.30 bits per heavy atom. The molecule has 2 rings (SSSR count). The molecule has 0 amide bonds. The van der Waals surface area contributed by atoms with Gasteiger partial charge in [0.2, 0.25) is 0 Å². The molecule has 6 N–H and O–H groups in total. The highest BCUT2D eigenvalue weighted by Crippen LogP contribution is 2.37. The van der Waals surface area contributed by atoms with Crippen molar-refractivity contribution >= 4 is 0 Å². The molecule has 0 aromatic carbocycles. The monoisotopic (exact) mass is 336 g/mol. The van der Waals surface area contributed by atoms with Crippen LogP contribution in [-0.2, 0) is 9.47 Å². The lowest BCUT2D eigenvalue weighted by molar-refractivity contribution is -0.318. The predicted molar refractivity (Wildman–Crippen MR) is 83.6 cm³/mol. The minimum Gasteiger partial charge on any atom is -0.412 e. The van der Waals surface area contributed by atoms with Gasteiger partial charge in [-0.15, -0.1) is 0 Å². The minimum atomic E-state index is -1.38. The smallest absolute Gasteiger partial charge is 0.186 e. The number of hydrogen-bond acceptors (Lipinski definition) is 6. The van der Waals surface area contributed by atoms with Crippen LogP contribution in [-0.4, -0.2) is 69.3 Å². The second kappa shape index (κ2) is 8.71. The summed E-state index contributed by atoms with van der Waals surface area (Å²) in [6.45, 7) is 6.06. The van der Waals surface area contributed by atoms with E-state index in [1.165, 1.54) is 0 Å². The number of rotatable bonds is 4. The van der Waals surface area contributed by atoms with Gasteiger partial charge in [-0.1, -0.05) is 27.2 Å². The van der Waals surface area contributed by atoms with Gasteiger partial charge in [0.05, 0.1) is 12.7 Å². The molecule has 0 unspecified atom stereocenters. The van der Waals surface area contributed by atoms with Crippen molar-refractivity contribution in [2.45, 2.75) is 76.8 Å². The Bertz CT molecular complexity index is 349. The average molecular weight is 336 g/mol. The maximum absolute atomic E-state index is 10.1. The Balaban J connectivity index is 0.00000264. The zero-order chi connectivity index (χ0) is 16.4. The lowest BCUT2D eigenvalue weighted by Crippen LogP contribution is -2.60. The summed E-state index contributed by atoms with van der Waals surface area (Å²) in [5, 5.41) is 39.0. The summed E-state index contributed by atoms with van der Waals surface area (Å²) >= 11 is 0. The molecule has 1 saturated carbocycles. The molecular formula is C16H32O7. The van der Waals surface area contributed by atoms with Crippen LogP contribution >= 0.6 is 0 Å². The number of hydrogen-bond donors (Lipinski definition) is 4. The van der Waals surface area contributed by atoms with E-state index in [1.54, 1.807) is 0 Å². The van der Waals surface area contributed by atoms with Crippen molar-refractivity contribution in [3.05, 3.63) is 0 Å². The Hall–Kier alpha value is -0.280. The maximum Gasteiger partial charge on any atom is 0.186 e. The van der Waals surface area contributed by atoms with E-state index in [-0.39, 0.29) is 11.6 Å². The van der Waals surface area contributed by atoms with Crippen molar-refractivity contribution in [3.8, 4) is 0 Å². The third-order valence-corrected chi connectivity index (χ3v) is 5.12. The van der Waals surface area contributed by atoms with Crippen molar-refractivity contribution < 1.29 is 35.4 Å². The molecule has 0 aromatic heterocycles. The Labute approximate surface area is 137 Å². The maximum atomic E-state index is 10.1. The van der Waals surface area contributed by atoms with Crippen molar-refractivity contribution in [2.75, 3.05) is 6.61 Å². The largest absolute Gasteiger partial charge is 0.412 e. The molecule has 2 aliphatic rings. The fourth-order valence-corrected chi connectivity index (χ4v) is 3.62. The van der Waals surface area contributed by atoms with E-state index < -0.39 is 37.3 Å². The molecular weight excluding hydrogens is 304 g/mol. The molecule has 23 heavy (non-hydrogen) atoms. The van der Waals surface area contributed by atoms with Crippen LogP contribution in [0, 0.1) is 17.8 Å². The zero-order valence-corrected chi connectivity index (χ0v) is 14.1. The van der Waals surface area contributed by atoms with Crippen LogP contribution in [0.15, 0.2) is 0 Å². The first-order chi connectivity index (χ1) is 10.3. The van der Waals surface area contributed by atoms with Gasteiger partial charge >= 0.3 is 0 Å². The number of aliphatic hydroxyl groups is 4. The molecule has 0 spiro atoms. The SMILES string of the molecule is CC(C)[C@@H]1CC[C@@H](C)C[C@H]1O[C@H]1O[C@H](CO)[C@@H](O)[C@H](O)[C@H]1O.O. The average Bonchev–Trinajstić information content (AvgIpc) is 2.47. The summed E-state index contributed by atoms with van der Waals surface area (Å²) in [6, 6.07) is 0. The van der Waals surface area contributed by atoms with Gasteiger partial charge in [-0.2, -0.15) is 0 Å². The topological polar surface area (TPSA) is 131 Å². The molecule has 138 valence electrons. The van der Waals surface area contributed by atoms with Crippen LogP contribution in [0.3, 0.4) is 0 Å². The van der Waals surface area contributed by atoms with E-state index in [4.69, 9.17) is 9.47 Å². The molecule has 7 nitrogen and oxygen atoms in total. The summed E-state index contributed by atoms with van der Waals surface area (Å²) in [7, 11) is 0. The normalized spacial score (nSPS) is 44.9. The van der Waals surface area contributed by atoms with E-state index in [1.807, 2.05) is 0 Å². The van der Waals surface area contributed by atoms with Gasteiger partial charge in [0.1, 0.15) is 24.4 Å². The fourth-order valence-electron chi connectivity index (χ4n) is 3.62. The lowest BCUT2D eigenvalue weighted by Gasteiger charge is -2.44. The number of ether oxygens (including phenoxy) is 2. The highest BCUT2D eigenvalue weighted by Gasteiger charge is 2.46. The molecule has 1 aliphatic heterocycles. The number of aliphatic hydroxyl groups excluding tert-OH is 4. The van der Waals surface area contributed by atoms with Crippen LogP contribution in [0.2, 0.25) is 0 Å². The van der Waals surface area contributed by atoms with Crippen molar-refractivity contribution in [3.63, 3.8) is 0 Å². The first-order valence-electron chi connectivity index (χ1n) is 8.31. The Morgan fingerprint density at radius 2 is 1.74 bits per heavy atom. The Kier molecular flexibility index (Phi) is 7.86. The van der Waals surface area contributed by atoms with E-state index in [0.29, 0.717) is 17.8 Å². The minimum absolute atomic E-state index is 0. The molecule has 0 aromatic rings. The Morgan fingerprint density at radius 1 is 1.09 bits per heavy atom. The molecule has 7 heteroatoms. The van der Waals surface area contributed by atoms with Gasteiger partial charge < -0.3 is 35.4 Å². The van der Waals surface area contributed by atoms with E-state index >= 15 is 0 Å². The standard InChI is InChI=1S/C16H30O6.H2O/c1-8(2)10-5-4-9(3)6-11(10)21-16-15(20)14(19)13(18)12(7-17)22-16;/h8-20H,4-7H2,1-3H3;1H2/t9-,10+,11-,12-,13-,14+,15-,16+;/m1./s1. The van der Waals surface area contributed by atoms with Gasteiger partial charge in [0.25, 0.3) is 0 Å². The van der Waals surface area contributed by atoms with Gasteiger partial charge in [0, 0.05) is 0 Å². The highest BCUT2D eigenvalue weighted by molar-refractivity contribution is 4.90. The summed E-state index contributed by atoms with van der Waals surface area (Å²) in [4.78, 5) is 0. The molecule has 1 aliphatic carbocycles. The molecule has 8 atom stereocenters. The van der Waals surface area contributed by atoms with E-state index in [9.17, 15) is 20.4 Å². The van der Waals surface area contributed by atoms with Crippen LogP contribution in [0.1, 0.15) is 40.0 Å². The van der Waals surface area contributed by atoms with Crippen molar-refractivity contribution in [1.29, 1.82) is 0 Å². The lowest BCUT2D eigenvalue weighted by atomic mass is 9.75. The summed E-state index contributed by atoms with van der Waals surface area (Å²) in [5.74, 6) is 1.39. The molecule has 0 bridgehead atoms. The van der Waals surface area contributed by atoms with Crippen LogP contribution in [0.4, 0.5) is 0 Å². The van der Waals surface area contributed by atoms with Gasteiger partial charge in [-0.05, 0) is 30.6 Å². The van der Waals surface area contributed by atoms with E-state index in [2.05, 4.69) is 20.8 Å². The third kappa shape index (κ3) is 4.63. The molecule has 1 saturated heterocycles. The first-order valence-corrected chi connectivity index (χ1v) is 8.31. The second-order valence-corrected chi connectivity index (χ2v) is 7.20. The van der Waals surface area contributed by atoms with Crippen LogP contribution < -0.4 is 0 Å². The molecule has 0 radical (unpaired) electrons. The fraction of sp³-hybridized carbons (Fsp3) is 1.00.